The van der Waals surface area contributed by atoms with Gasteiger partial charge in [-0.1, -0.05) is 18.2 Å². The van der Waals surface area contributed by atoms with Crippen molar-refractivity contribution in [1.29, 1.82) is 0 Å². The molecule has 1 aromatic heterocycles. The highest BCUT2D eigenvalue weighted by Crippen LogP contribution is 2.35. The summed E-state index contributed by atoms with van der Waals surface area (Å²) >= 11 is 1.74. The van der Waals surface area contributed by atoms with Crippen LogP contribution in [0.4, 0.5) is 0 Å². The van der Waals surface area contributed by atoms with E-state index in [1.807, 2.05) is 17.0 Å². The topological polar surface area (TPSA) is 40.5 Å². The molecule has 0 aliphatic heterocycles. The molecule has 0 amide bonds. The molecule has 0 fully saturated rings. The van der Waals surface area contributed by atoms with Gasteiger partial charge in [0.05, 0.1) is 6.54 Å². The maximum absolute atomic E-state index is 11.1. The Bertz CT molecular complexity index is 579. The molecule has 0 saturated heterocycles. The van der Waals surface area contributed by atoms with E-state index in [-0.39, 0.29) is 18.1 Å². The first-order valence-corrected chi connectivity index (χ1v) is 7.57. The van der Waals surface area contributed by atoms with Crippen LogP contribution in [0.15, 0.2) is 30.3 Å². The van der Waals surface area contributed by atoms with Gasteiger partial charge in [-0.05, 0) is 45.2 Å². The van der Waals surface area contributed by atoms with E-state index in [0.717, 1.165) is 0 Å². The molecule has 2 rings (SSSR count). The Morgan fingerprint density at radius 1 is 1.35 bits per heavy atom. The first-order chi connectivity index (χ1) is 9.29. The molecule has 3 nitrogen and oxygen atoms in total. The highest BCUT2D eigenvalue weighted by Gasteiger charge is 2.29. The van der Waals surface area contributed by atoms with Crippen LogP contribution >= 0.6 is 11.3 Å². The maximum atomic E-state index is 11.1. The van der Waals surface area contributed by atoms with Crippen molar-refractivity contribution >= 4 is 27.4 Å². The van der Waals surface area contributed by atoms with Crippen LogP contribution in [0.25, 0.3) is 10.1 Å². The average Bonchev–Trinajstić information content (AvgIpc) is 2.77. The smallest absolute Gasteiger partial charge is 0.317 e. The van der Waals surface area contributed by atoms with E-state index >= 15 is 0 Å². The van der Waals surface area contributed by atoms with E-state index < -0.39 is 5.97 Å². The third kappa shape index (κ3) is 3.19. The standard InChI is InChI=1S/C16H21NO2S/c1-11(17(10-15(18)19)16(2,3)4)14-9-12-7-5-6-8-13(12)20-14/h5-9,11H,10H2,1-4H3,(H,18,19). The molecule has 0 aliphatic rings. The van der Waals surface area contributed by atoms with Gasteiger partial charge in [0.2, 0.25) is 0 Å². The number of hydrogen-bond acceptors (Lipinski definition) is 3. The van der Waals surface area contributed by atoms with E-state index in [2.05, 4.69) is 45.9 Å². The molecular weight excluding hydrogens is 270 g/mol. The molecular formula is C16H21NO2S. The Kier molecular flexibility index (Phi) is 4.16. The number of carbonyl (C=O) groups is 1. The highest BCUT2D eigenvalue weighted by atomic mass is 32.1. The minimum absolute atomic E-state index is 0.0545. The van der Waals surface area contributed by atoms with Gasteiger partial charge in [-0.25, -0.2) is 0 Å². The number of carboxylic acids is 1. The predicted molar refractivity (Wildman–Crippen MR) is 84.3 cm³/mol. The third-order valence-corrected chi connectivity index (χ3v) is 4.78. The largest absolute Gasteiger partial charge is 0.480 e. The van der Waals surface area contributed by atoms with E-state index in [9.17, 15) is 4.79 Å². The van der Waals surface area contributed by atoms with Crippen LogP contribution in [0.2, 0.25) is 0 Å². The molecule has 1 unspecified atom stereocenters. The van der Waals surface area contributed by atoms with Gasteiger partial charge in [0.25, 0.3) is 0 Å². The summed E-state index contributed by atoms with van der Waals surface area (Å²) in [6.45, 7) is 8.30. The molecule has 108 valence electrons. The fourth-order valence-electron chi connectivity index (χ4n) is 2.46. The van der Waals surface area contributed by atoms with E-state index in [1.165, 1.54) is 15.0 Å². The zero-order chi connectivity index (χ0) is 14.9. The van der Waals surface area contributed by atoms with Crippen LogP contribution < -0.4 is 0 Å². The van der Waals surface area contributed by atoms with Gasteiger partial charge in [0, 0.05) is 21.2 Å². The Morgan fingerprint density at radius 3 is 2.55 bits per heavy atom. The van der Waals surface area contributed by atoms with Crippen molar-refractivity contribution in [2.75, 3.05) is 6.54 Å². The number of benzene rings is 1. The first kappa shape index (κ1) is 15.0. The molecule has 0 radical (unpaired) electrons. The van der Waals surface area contributed by atoms with E-state index in [0.29, 0.717) is 0 Å². The van der Waals surface area contributed by atoms with Crippen LogP contribution in [0, 0.1) is 0 Å². The second-order valence-corrected chi connectivity index (χ2v) is 7.17. The molecule has 1 N–H and O–H groups in total. The van der Waals surface area contributed by atoms with Crippen molar-refractivity contribution in [3.05, 3.63) is 35.2 Å². The van der Waals surface area contributed by atoms with Crippen molar-refractivity contribution in [2.45, 2.75) is 39.3 Å². The van der Waals surface area contributed by atoms with Gasteiger partial charge in [-0.15, -0.1) is 11.3 Å². The van der Waals surface area contributed by atoms with E-state index in [4.69, 9.17) is 5.11 Å². The molecule has 1 heterocycles. The predicted octanol–water partition coefficient (Wildman–Crippen LogP) is 4.15. The monoisotopic (exact) mass is 291 g/mol. The second kappa shape index (κ2) is 5.54. The SMILES string of the molecule is CC(c1cc2ccccc2s1)N(CC(=O)O)C(C)(C)C. The lowest BCUT2D eigenvalue weighted by molar-refractivity contribution is -0.140. The summed E-state index contributed by atoms with van der Waals surface area (Å²) in [5, 5.41) is 10.4. The summed E-state index contributed by atoms with van der Waals surface area (Å²) in [7, 11) is 0. The Balaban J connectivity index is 2.35. The first-order valence-electron chi connectivity index (χ1n) is 6.76. The summed E-state index contributed by atoms with van der Waals surface area (Å²) in [6.07, 6.45) is 0. The molecule has 1 atom stereocenters. The summed E-state index contributed by atoms with van der Waals surface area (Å²) in [5.41, 5.74) is -0.187. The van der Waals surface area contributed by atoms with Gasteiger partial charge < -0.3 is 5.11 Å². The Labute approximate surface area is 123 Å². The second-order valence-electron chi connectivity index (χ2n) is 6.06. The Morgan fingerprint density at radius 2 is 2.00 bits per heavy atom. The average molecular weight is 291 g/mol. The highest BCUT2D eigenvalue weighted by molar-refractivity contribution is 7.19. The summed E-state index contributed by atoms with van der Waals surface area (Å²) in [5.74, 6) is -0.784. The number of rotatable bonds is 4. The molecule has 0 spiro atoms. The fraction of sp³-hybridized carbons (Fsp3) is 0.438. The van der Waals surface area contributed by atoms with Crippen LogP contribution in [-0.2, 0) is 4.79 Å². The van der Waals surface area contributed by atoms with Crippen LogP contribution in [0.5, 0.6) is 0 Å². The quantitative estimate of drug-likeness (QED) is 0.920. The zero-order valence-electron chi connectivity index (χ0n) is 12.4. The van der Waals surface area contributed by atoms with Gasteiger partial charge in [-0.3, -0.25) is 9.69 Å². The lowest BCUT2D eigenvalue weighted by atomic mass is 10.0. The van der Waals surface area contributed by atoms with Crippen molar-refractivity contribution in [2.24, 2.45) is 0 Å². The number of carboxylic acid groups (broad SMARTS) is 1. The molecule has 0 bridgehead atoms. The number of fused-ring (bicyclic) bond motifs is 1. The minimum Gasteiger partial charge on any atom is -0.480 e. The maximum Gasteiger partial charge on any atom is 0.317 e. The van der Waals surface area contributed by atoms with Gasteiger partial charge in [0.15, 0.2) is 0 Å². The fourth-order valence-corrected chi connectivity index (χ4v) is 3.59. The van der Waals surface area contributed by atoms with Crippen LogP contribution in [-0.4, -0.2) is 28.1 Å². The number of aliphatic carboxylic acids is 1. The van der Waals surface area contributed by atoms with Crippen molar-refractivity contribution in [1.82, 2.24) is 4.90 Å². The lowest BCUT2D eigenvalue weighted by Crippen LogP contribution is -2.45. The molecule has 4 heteroatoms. The zero-order valence-corrected chi connectivity index (χ0v) is 13.2. The summed E-state index contributed by atoms with van der Waals surface area (Å²) < 4.78 is 1.25. The van der Waals surface area contributed by atoms with Crippen molar-refractivity contribution in [3.63, 3.8) is 0 Å². The third-order valence-electron chi connectivity index (χ3n) is 3.49. The summed E-state index contributed by atoms with van der Waals surface area (Å²) in [4.78, 5) is 14.4. The van der Waals surface area contributed by atoms with Crippen molar-refractivity contribution in [3.8, 4) is 0 Å². The van der Waals surface area contributed by atoms with Crippen molar-refractivity contribution < 1.29 is 9.90 Å². The number of hydrogen-bond donors (Lipinski definition) is 1. The normalized spacial score (nSPS) is 13.8. The lowest BCUT2D eigenvalue weighted by Gasteiger charge is -2.38. The van der Waals surface area contributed by atoms with Gasteiger partial charge in [-0.2, -0.15) is 0 Å². The number of nitrogens with zero attached hydrogens (tertiary/aromatic N) is 1. The summed E-state index contributed by atoms with van der Waals surface area (Å²) in [6, 6.07) is 10.5. The van der Waals surface area contributed by atoms with Crippen LogP contribution in [0.1, 0.15) is 38.6 Å². The van der Waals surface area contributed by atoms with Gasteiger partial charge in [0.1, 0.15) is 0 Å². The number of thiophene rings is 1. The van der Waals surface area contributed by atoms with E-state index in [1.54, 1.807) is 11.3 Å². The van der Waals surface area contributed by atoms with Gasteiger partial charge >= 0.3 is 5.97 Å². The van der Waals surface area contributed by atoms with Crippen LogP contribution in [0.3, 0.4) is 0 Å². The molecule has 2 aromatic rings. The molecule has 0 aliphatic carbocycles. The molecule has 1 aromatic carbocycles. The molecule has 20 heavy (non-hydrogen) atoms. The Hall–Kier alpha value is -1.39. The molecule has 0 saturated carbocycles. The minimum atomic E-state index is -0.784.